The minimum atomic E-state index is -0.213. The number of para-hydroxylation sites is 2. The van der Waals surface area contributed by atoms with Crippen LogP contribution in [0.15, 0.2) is 48.5 Å². The van der Waals surface area contributed by atoms with Crippen LogP contribution in [0.2, 0.25) is 0 Å². The summed E-state index contributed by atoms with van der Waals surface area (Å²) in [7, 11) is 1.56. The number of nitrogens with one attached hydrogen (secondary N) is 1. The summed E-state index contributed by atoms with van der Waals surface area (Å²) in [6, 6.07) is 14.9. The molecule has 0 aromatic heterocycles. The van der Waals surface area contributed by atoms with Crippen LogP contribution in [-0.4, -0.2) is 32.1 Å². The molecule has 2 amide bonds. The Hall–Kier alpha value is -3.02. The second-order valence-electron chi connectivity index (χ2n) is 6.03. The molecule has 0 radical (unpaired) electrons. The second kappa shape index (κ2) is 8.38. The lowest BCUT2D eigenvalue weighted by molar-refractivity contribution is -0.123. The van der Waals surface area contributed by atoms with E-state index in [-0.39, 0.29) is 18.4 Å². The molecule has 136 valence electrons. The van der Waals surface area contributed by atoms with Gasteiger partial charge in [-0.25, -0.2) is 0 Å². The summed E-state index contributed by atoms with van der Waals surface area (Å²) in [6.45, 7) is 1.10. The first-order valence-electron chi connectivity index (χ1n) is 8.59. The molecule has 0 aliphatic carbocycles. The monoisotopic (exact) mass is 354 g/mol. The molecule has 6 heteroatoms. The van der Waals surface area contributed by atoms with Gasteiger partial charge in [-0.1, -0.05) is 24.3 Å². The summed E-state index contributed by atoms with van der Waals surface area (Å²) >= 11 is 0. The van der Waals surface area contributed by atoms with Crippen molar-refractivity contribution in [2.45, 2.75) is 19.4 Å². The quantitative estimate of drug-likeness (QED) is 0.830. The molecule has 1 saturated heterocycles. The number of rotatable bonds is 7. The summed E-state index contributed by atoms with van der Waals surface area (Å²) in [5.41, 5.74) is 1.87. The molecular formula is C20H22N2O4. The lowest BCUT2D eigenvalue weighted by atomic mass is 10.2. The lowest BCUT2D eigenvalue weighted by Gasteiger charge is -2.16. The Labute approximate surface area is 152 Å². The number of ether oxygens (including phenoxy) is 2. The van der Waals surface area contributed by atoms with E-state index in [2.05, 4.69) is 5.32 Å². The molecule has 26 heavy (non-hydrogen) atoms. The Bertz CT molecular complexity index is 774. The van der Waals surface area contributed by atoms with Crippen molar-refractivity contribution in [1.29, 1.82) is 0 Å². The smallest absolute Gasteiger partial charge is 0.258 e. The van der Waals surface area contributed by atoms with Crippen molar-refractivity contribution in [2.24, 2.45) is 0 Å². The Morgan fingerprint density at radius 3 is 2.50 bits per heavy atom. The van der Waals surface area contributed by atoms with E-state index in [1.54, 1.807) is 24.1 Å². The van der Waals surface area contributed by atoms with Crippen molar-refractivity contribution >= 4 is 17.5 Å². The summed E-state index contributed by atoms with van der Waals surface area (Å²) in [6.07, 6.45) is 1.52. The molecule has 0 unspecified atom stereocenters. The minimum absolute atomic E-state index is 0.0826. The molecule has 2 aromatic rings. The molecule has 1 heterocycles. The van der Waals surface area contributed by atoms with Crippen LogP contribution in [0.4, 0.5) is 5.69 Å². The Morgan fingerprint density at radius 2 is 1.85 bits per heavy atom. The maximum absolute atomic E-state index is 12.0. The summed E-state index contributed by atoms with van der Waals surface area (Å²) < 4.78 is 10.7. The van der Waals surface area contributed by atoms with E-state index in [0.717, 1.165) is 24.2 Å². The van der Waals surface area contributed by atoms with E-state index in [1.807, 2.05) is 36.4 Å². The van der Waals surface area contributed by atoms with Crippen molar-refractivity contribution in [3.05, 3.63) is 54.1 Å². The van der Waals surface area contributed by atoms with Gasteiger partial charge in [0.2, 0.25) is 5.91 Å². The van der Waals surface area contributed by atoms with Crippen LogP contribution in [0.5, 0.6) is 11.5 Å². The summed E-state index contributed by atoms with van der Waals surface area (Å²) in [4.78, 5) is 25.5. The molecule has 3 rings (SSSR count). The van der Waals surface area contributed by atoms with Crippen molar-refractivity contribution in [2.75, 3.05) is 25.2 Å². The molecule has 2 aromatic carbocycles. The fourth-order valence-corrected chi connectivity index (χ4v) is 2.85. The predicted molar refractivity (Wildman–Crippen MR) is 98.4 cm³/mol. The topological polar surface area (TPSA) is 67.9 Å². The van der Waals surface area contributed by atoms with E-state index < -0.39 is 0 Å². The van der Waals surface area contributed by atoms with Crippen LogP contribution in [0, 0.1) is 0 Å². The van der Waals surface area contributed by atoms with Gasteiger partial charge >= 0.3 is 0 Å². The van der Waals surface area contributed by atoms with E-state index in [4.69, 9.17) is 9.47 Å². The van der Waals surface area contributed by atoms with Gasteiger partial charge in [-0.2, -0.15) is 0 Å². The Balaban J connectivity index is 1.47. The van der Waals surface area contributed by atoms with E-state index in [1.165, 1.54) is 0 Å². The zero-order valence-electron chi connectivity index (χ0n) is 14.7. The Morgan fingerprint density at radius 1 is 1.12 bits per heavy atom. The number of carbonyl (C=O) groups is 2. The molecule has 0 spiro atoms. The average Bonchev–Trinajstić information content (AvgIpc) is 3.11. The summed E-state index contributed by atoms with van der Waals surface area (Å²) in [5, 5.41) is 2.82. The van der Waals surface area contributed by atoms with Gasteiger partial charge in [-0.15, -0.1) is 0 Å². The van der Waals surface area contributed by atoms with Crippen LogP contribution in [0.1, 0.15) is 18.4 Å². The number of anilines is 1. The molecule has 0 saturated carbocycles. The molecule has 1 fully saturated rings. The van der Waals surface area contributed by atoms with Crippen LogP contribution in [0.25, 0.3) is 0 Å². The van der Waals surface area contributed by atoms with Crippen molar-refractivity contribution in [1.82, 2.24) is 5.32 Å². The fourth-order valence-electron chi connectivity index (χ4n) is 2.85. The molecule has 1 aliphatic heterocycles. The number of hydrogen-bond acceptors (Lipinski definition) is 4. The third-order valence-corrected chi connectivity index (χ3v) is 4.24. The highest BCUT2D eigenvalue weighted by Gasteiger charge is 2.21. The molecule has 6 nitrogen and oxygen atoms in total. The first-order chi connectivity index (χ1) is 12.7. The number of nitrogens with zero attached hydrogens (tertiary/aromatic N) is 1. The average molecular weight is 354 g/mol. The van der Waals surface area contributed by atoms with Crippen LogP contribution in [-0.2, 0) is 16.1 Å². The van der Waals surface area contributed by atoms with Crippen LogP contribution in [0.3, 0.4) is 0 Å². The maximum Gasteiger partial charge on any atom is 0.258 e. The summed E-state index contributed by atoms with van der Waals surface area (Å²) in [5.74, 6) is 1.08. The number of methoxy groups -OCH3 is 1. The zero-order chi connectivity index (χ0) is 18.4. The van der Waals surface area contributed by atoms with Gasteiger partial charge in [-0.05, 0) is 36.2 Å². The third-order valence-electron chi connectivity index (χ3n) is 4.24. The second-order valence-corrected chi connectivity index (χ2v) is 6.03. The van der Waals surface area contributed by atoms with Crippen LogP contribution >= 0.6 is 0 Å². The standard InChI is InChI=1S/C20H22N2O4/c1-25-17-5-2-3-6-18(17)26-14-19(23)21-13-15-8-10-16(11-9-15)22-12-4-7-20(22)24/h2-3,5-6,8-11H,4,7,12-14H2,1H3,(H,21,23). The normalized spacial score (nSPS) is 13.6. The van der Waals surface area contributed by atoms with Gasteiger partial charge in [0, 0.05) is 25.2 Å². The highest BCUT2D eigenvalue weighted by Crippen LogP contribution is 2.25. The molecule has 1 aliphatic rings. The van der Waals surface area contributed by atoms with Gasteiger partial charge < -0.3 is 19.7 Å². The zero-order valence-corrected chi connectivity index (χ0v) is 14.7. The van der Waals surface area contributed by atoms with Gasteiger partial charge in [0.1, 0.15) is 0 Å². The van der Waals surface area contributed by atoms with Gasteiger partial charge in [0.15, 0.2) is 18.1 Å². The molecular weight excluding hydrogens is 332 g/mol. The van der Waals surface area contributed by atoms with Crippen molar-refractivity contribution in [3.63, 3.8) is 0 Å². The minimum Gasteiger partial charge on any atom is -0.493 e. The van der Waals surface area contributed by atoms with Crippen LogP contribution < -0.4 is 19.7 Å². The van der Waals surface area contributed by atoms with E-state index in [0.29, 0.717) is 24.5 Å². The predicted octanol–water partition coefficient (Wildman–Crippen LogP) is 2.52. The third kappa shape index (κ3) is 4.33. The highest BCUT2D eigenvalue weighted by molar-refractivity contribution is 5.95. The number of hydrogen-bond donors (Lipinski definition) is 1. The first kappa shape index (κ1) is 17.8. The van der Waals surface area contributed by atoms with Gasteiger partial charge in [0.05, 0.1) is 7.11 Å². The molecule has 1 N–H and O–H groups in total. The number of benzene rings is 2. The first-order valence-corrected chi connectivity index (χ1v) is 8.59. The molecule has 0 atom stereocenters. The van der Waals surface area contributed by atoms with Gasteiger partial charge in [0.25, 0.3) is 5.91 Å². The number of amides is 2. The lowest BCUT2D eigenvalue weighted by Crippen LogP contribution is -2.28. The number of carbonyl (C=O) groups excluding carboxylic acids is 2. The SMILES string of the molecule is COc1ccccc1OCC(=O)NCc1ccc(N2CCCC2=O)cc1. The van der Waals surface area contributed by atoms with E-state index >= 15 is 0 Å². The fraction of sp³-hybridized carbons (Fsp3) is 0.300. The molecule has 0 bridgehead atoms. The highest BCUT2D eigenvalue weighted by atomic mass is 16.5. The van der Waals surface area contributed by atoms with Gasteiger partial charge in [-0.3, -0.25) is 9.59 Å². The van der Waals surface area contributed by atoms with Crippen molar-refractivity contribution < 1.29 is 19.1 Å². The Kier molecular flexibility index (Phi) is 5.73. The van der Waals surface area contributed by atoms with Crippen molar-refractivity contribution in [3.8, 4) is 11.5 Å². The maximum atomic E-state index is 12.0. The largest absolute Gasteiger partial charge is 0.493 e. The van der Waals surface area contributed by atoms with E-state index in [9.17, 15) is 9.59 Å².